The molecule has 25 heavy (non-hydrogen) atoms. The standard InChI is InChI=1S/C16H23N5O2S2/c1-16(2,3)14-18-19-15(24-14)21-10-8-20(9-11-21)12-6-4-5-7-13(12)25(17,22)23/h4-7H,8-11H2,1-3H3,(H2,17,22,23). The van der Waals surface area contributed by atoms with Crippen LogP contribution in [0, 0.1) is 0 Å². The van der Waals surface area contributed by atoms with Crippen molar-refractivity contribution in [2.24, 2.45) is 5.14 Å². The van der Waals surface area contributed by atoms with Gasteiger partial charge >= 0.3 is 0 Å². The van der Waals surface area contributed by atoms with Crippen molar-refractivity contribution in [3.05, 3.63) is 29.3 Å². The normalized spacial score (nSPS) is 16.3. The average Bonchev–Trinajstić information content (AvgIpc) is 3.04. The van der Waals surface area contributed by atoms with Crippen LogP contribution in [0.25, 0.3) is 0 Å². The van der Waals surface area contributed by atoms with Gasteiger partial charge in [-0.3, -0.25) is 0 Å². The Morgan fingerprint density at radius 1 is 1.04 bits per heavy atom. The van der Waals surface area contributed by atoms with Gasteiger partial charge in [-0.1, -0.05) is 44.2 Å². The molecule has 7 nitrogen and oxygen atoms in total. The molecule has 1 aliphatic rings. The molecule has 136 valence electrons. The van der Waals surface area contributed by atoms with Crippen molar-refractivity contribution in [3.63, 3.8) is 0 Å². The fourth-order valence-electron chi connectivity index (χ4n) is 2.74. The zero-order valence-corrected chi connectivity index (χ0v) is 16.3. The highest BCUT2D eigenvalue weighted by Gasteiger charge is 2.26. The molecule has 0 radical (unpaired) electrons. The predicted octanol–water partition coefficient (Wildman–Crippen LogP) is 1.81. The minimum absolute atomic E-state index is 0.00777. The molecule has 2 N–H and O–H groups in total. The van der Waals surface area contributed by atoms with Gasteiger partial charge in [0.15, 0.2) is 0 Å². The lowest BCUT2D eigenvalue weighted by Crippen LogP contribution is -2.47. The zero-order chi connectivity index (χ0) is 18.2. The molecule has 0 aliphatic carbocycles. The van der Waals surface area contributed by atoms with Crippen LogP contribution < -0.4 is 14.9 Å². The van der Waals surface area contributed by atoms with Crippen LogP contribution in [-0.4, -0.2) is 44.8 Å². The number of benzene rings is 1. The number of nitrogens with zero attached hydrogens (tertiary/aromatic N) is 4. The molecule has 1 fully saturated rings. The Kier molecular flexibility index (Phi) is 4.74. The van der Waals surface area contributed by atoms with E-state index in [1.807, 2.05) is 6.07 Å². The van der Waals surface area contributed by atoms with Gasteiger partial charge in [0.2, 0.25) is 15.2 Å². The zero-order valence-electron chi connectivity index (χ0n) is 14.6. The number of hydrogen-bond donors (Lipinski definition) is 1. The van der Waals surface area contributed by atoms with E-state index >= 15 is 0 Å². The summed E-state index contributed by atoms with van der Waals surface area (Å²) in [5, 5.41) is 15.9. The van der Waals surface area contributed by atoms with Gasteiger partial charge in [0.05, 0.1) is 5.69 Å². The lowest BCUT2D eigenvalue weighted by molar-refractivity contribution is 0.577. The summed E-state index contributed by atoms with van der Waals surface area (Å²) in [5.74, 6) is 0. The van der Waals surface area contributed by atoms with Crippen LogP contribution >= 0.6 is 11.3 Å². The van der Waals surface area contributed by atoms with Gasteiger partial charge in [0.1, 0.15) is 9.90 Å². The third-order valence-corrected chi connectivity index (χ3v) is 6.49. The second-order valence-electron chi connectivity index (χ2n) is 7.13. The molecule has 3 rings (SSSR count). The number of aromatic nitrogens is 2. The highest BCUT2D eigenvalue weighted by atomic mass is 32.2. The van der Waals surface area contributed by atoms with Crippen molar-refractivity contribution >= 4 is 32.2 Å². The second kappa shape index (κ2) is 6.54. The molecule has 1 aromatic carbocycles. The van der Waals surface area contributed by atoms with Crippen LogP contribution in [-0.2, 0) is 15.4 Å². The Labute approximate surface area is 152 Å². The summed E-state index contributed by atoms with van der Waals surface area (Å²) < 4.78 is 23.6. The van der Waals surface area contributed by atoms with Crippen molar-refractivity contribution in [1.82, 2.24) is 10.2 Å². The number of piperazine rings is 1. The third-order valence-electron chi connectivity index (χ3n) is 4.12. The van der Waals surface area contributed by atoms with Crippen LogP contribution in [0.3, 0.4) is 0 Å². The van der Waals surface area contributed by atoms with Gasteiger partial charge < -0.3 is 9.80 Å². The van der Waals surface area contributed by atoms with Crippen LogP contribution in [0.5, 0.6) is 0 Å². The number of rotatable bonds is 3. The van der Waals surface area contributed by atoms with Crippen molar-refractivity contribution in [2.75, 3.05) is 36.0 Å². The van der Waals surface area contributed by atoms with E-state index in [4.69, 9.17) is 5.14 Å². The van der Waals surface area contributed by atoms with E-state index in [-0.39, 0.29) is 10.3 Å². The minimum Gasteiger partial charge on any atom is -0.367 e. The van der Waals surface area contributed by atoms with E-state index in [0.717, 1.165) is 23.2 Å². The molecule has 2 heterocycles. The Hall–Kier alpha value is -1.71. The smallest absolute Gasteiger partial charge is 0.240 e. The summed E-state index contributed by atoms with van der Waals surface area (Å²) in [4.78, 5) is 4.43. The van der Waals surface area contributed by atoms with Gasteiger partial charge in [0.25, 0.3) is 0 Å². The van der Waals surface area contributed by atoms with Gasteiger partial charge in [-0.15, -0.1) is 10.2 Å². The maximum absolute atomic E-state index is 11.8. The van der Waals surface area contributed by atoms with E-state index in [9.17, 15) is 8.42 Å². The lowest BCUT2D eigenvalue weighted by Gasteiger charge is -2.36. The van der Waals surface area contributed by atoms with Crippen LogP contribution in [0.2, 0.25) is 0 Å². The fraction of sp³-hybridized carbons (Fsp3) is 0.500. The summed E-state index contributed by atoms with van der Waals surface area (Å²) in [5.41, 5.74) is 0.656. The molecule has 9 heteroatoms. The third kappa shape index (κ3) is 3.94. The van der Waals surface area contributed by atoms with E-state index < -0.39 is 10.0 Å². The highest BCUT2D eigenvalue weighted by Crippen LogP contribution is 2.31. The molecule has 0 unspecified atom stereocenters. The molecule has 0 atom stereocenters. The lowest BCUT2D eigenvalue weighted by atomic mass is 9.98. The molecule has 0 amide bonds. The first-order valence-corrected chi connectivity index (χ1v) is 10.5. The summed E-state index contributed by atoms with van der Waals surface area (Å²) in [6.07, 6.45) is 0. The number of anilines is 2. The monoisotopic (exact) mass is 381 g/mol. The molecule has 1 aliphatic heterocycles. The van der Waals surface area contributed by atoms with Crippen molar-refractivity contribution < 1.29 is 8.42 Å². The van der Waals surface area contributed by atoms with Gasteiger partial charge in [-0.05, 0) is 12.1 Å². The number of hydrogen-bond acceptors (Lipinski definition) is 7. The molecule has 0 bridgehead atoms. The molecule has 0 spiro atoms. The Bertz CT molecular complexity index is 849. The maximum atomic E-state index is 11.8. The van der Waals surface area contributed by atoms with Crippen LogP contribution in [0.15, 0.2) is 29.2 Å². The Morgan fingerprint density at radius 3 is 2.20 bits per heavy atom. The van der Waals surface area contributed by atoms with Gasteiger partial charge in [-0.25, -0.2) is 13.6 Å². The van der Waals surface area contributed by atoms with E-state index in [1.165, 1.54) is 0 Å². The van der Waals surface area contributed by atoms with E-state index in [0.29, 0.717) is 18.8 Å². The van der Waals surface area contributed by atoms with Crippen LogP contribution in [0.4, 0.5) is 10.8 Å². The average molecular weight is 382 g/mol. The molecule has 2 aromatic rings. The maximum Gasteiger partial charge on any atom is 0.240 e. The van der Waals surface area contributed by atoms with Crippen LogP contribution in [0.1, 0.15) is 25.8 Å². The molecule has 0 saturated carbocycles. The fourth-order valence-corrected chi connectivity index (χ4v) is 4.46. The number of nitrogens with two attached hydrogens (primary N) is 1. The molecule has 1 aromatic heterocycles. The number of sulfonamides is 1. The highest BCUT2D eigenvalue weighted by molar-refractivity contribution is 7.89. The summed E-state index contributed by atoms with van der Waals surface area (Å²) in [6, 6.07) is 6.88. The summed E-state index contributed by atoms with van der Waals surface area (Å²) in [6.45, 7) is 9.31. The minimum atomic E-state index is -3.74. The molecular weight excluding hydrogens is 358 g/mol. The van der Waals surface area contributed by atoms with Crippen molar-refractivity contribution in [2.45, 2.75) is 31.1 Å². The van der Waals surface area contributed by atoms with Crippen molar-refractivity contribution in [3.8, 4) is 0 Å². The van der Waals surface area contributed by atoms with Crippen molar-refractivity contribution in [1.29, 1.82) is 0 Å². The number of primary sulfonamides is 1. The van der Waals surface area contributed by atoms with E-state index in [1.54, 1.807) is 29.5 Å². The topological polar surface area (TPSA) is 92.4 Å². The number of para-hydroxylation sites is 1. The Balaban J connectivity index is 1.74. The second-order valence-corrected chi connectivity index (χ2v) is 9.61. The Morgan fingerprint density at radius 2 is 1.64 bits per heavy atom. The predicted molar refractivity (Wildman–Crippen MR) is 101 cm³/mol. The summed E-state index contributed by atoms with van der Waals surface area (Å²) in [7, 11) is -3.74. The largest absolute Gasteiger partial charge is 0.367 e. The van der Waals surface area contributed by atoms with Gasteiger partial charge in [0, 0.05) is 31.6 Å². The first kappa shape index (κ1) is 18.1. The van der Waals surface area contributed by atoms with Gasteiger partial charge in [-0.2, -0.15) is 0 Å². The molecular formula is C16H23N5O2S2. The quantitative estimate of drug-likeness (QED) is 0.872. The van der Waals surface area contributed by atoms with E-state index in [2.05, 4.69) is 40.8 Å². The SMILES string of the molecule is CC(C)(C)c1nnc(N2CCN(c3ccccc3S(N)(=O)=O)CC2)s1. The summed E-state index contributed by atoms with van der Waals surface area (Å²) >= 11 is 1.62. The first-order chi connectivity index (χ1) is 11.7. The first-order valence-electron chi connectivity index (χ1n) is 8.12. The molecule has 1 saturated heterocycles.